The van der Waals surface area contributed by atoms with Gasteiger partial charge in [0.2, 0.25) is 17.7 Å². The van der Waals surface area contributed by atoms with E-state index in [-0.39, 0.29) is 29.6 Å². The molecule has 0 spiro atoms. The molecule has 2 unspecified atom stereocenters. The lowest BCUT2D eigenvalue weighted by Gasteiger charge is -2.35. The number of likely N-dealkylation sites (tertiary alicyclic amines) is 1. The minimum atomic E-state index is -0.876. The van der Waals surface area contributed by atoms with Crippen LogP contribution in [0.25, 0.3) is 0 Å². The van der Waals surface area contributed by atoms with Gasteiger partial charge in [-0.25, -0.2) is 8.78 Å². The van der Waals surface area contributed by atoms with Crippen LogP contribution in [0.15, 0.2) is 18.2 Å². The number of hydrogen-bond acceptors (Lipinski definition) is 4. The summed E-state index contributed by atoms with van der Waals surface area (Å²) in [5.74, 6) is -2.07. The van der Waals surface area contributed by atoms with E-state index < -0.39 is 11.6 Å². The van der Waals surface area contributed by atoms with Gasteiger partial charge in [-0.3, -0.25) is 24.2 Å². The lowest BCUT2D eigenvalue weighted by molar-refractivity contribution is -0.138. The first-order valence-electron chi connectivity index (χ1n) is 9.73. The van der Waals surface area contributed by atoms with Crippen molar-refractivity contribution in [3.63, 3.8) is 0 Å². The highest BCUT2D eigenvalue weighted by atomic mass is 19.2. The molecule has 3 aliphatic rings. The smallest absolute Gasteiger partial charge is 0.229 e. The molecule has 0 radical (unpaired) electrons. The Bertz CT molecular complexity index is 792. The summed E-state index contributed by atoms with van der Waals surface area (Å²) in [5, 5.41) is 0. The Balaban J connectivity index is 1.24. The Hall–Kier alpha value is -2.35. The lowest BCUT2D eigenvalue weighted by atomic mass is 10.1. The molecule has 2 atom stereocenters. The molecule has 2 saturated heterocycles. The van der Waals surface area contributed by atoms with Crippen molar-refractivity contribution in [2.75, 3.05) is 39.3 Å². The van der Waals surface area contributed by atoms with Gasteiger partial charge in [0.1, 0.15) is 0 Å². The number of amides is 3. The molecule has 2 aliphatic heterocycles. The summed E-state index contributed by atoms with van der Waals surface area (Å²) in [6.45, 7) is 3.63. The molecular formula is C20H23F2N3O3. The van der Waals surface area contributed by atoms with Crippen LogP contribution in [0.3, 0.4) is 0 Å². The maximum Gasteiger partial charge on any atom is 0.229 e. The van der Waals surface area contributed by atoms with Crippen LogP contribution >= 0.6 is 0 Å². The van der Waals surface area contributed by atoms with Gasteiger partial charge in [0.05, 0.1) is 0 Å². The summed E-state index contributed by atoms with van der Waals surface area (Å²) < 4.78 is 26.5. The van der Waals surface area contributed by atoms with Crippen LogP contribution in [0.5, 0.6) is 0 Å². The highest BCUT2D eigenvalue weighted by Gasteiger charge is 2.46. The highest BCUT2D eigenvalue weighted by Crippen LogP contribution is 2.48. The summed E-state index contributed by atoms with van der Waals surface area (Å²) in [5.41, 5.74) is 0.677. The lowest BCUT2D eigenvalue weighted by Crippen LogP contribution is -2.51. The number of imide groups is 1. The first-order chi connectivity index (χ1) is 13.4. The molecule has 3 fully saturated rings. The molecule has 1 aromatic carbocycles. The fraction of sp³-hybridized carbons (Fsp3) is 0.550. The van der Waals surface area contributed by atoms with E-state index in [0.717, 1.165) is 6.07 Å². The number of piperazine rings is 1. The predicted octanol–water partition coefficient (Wildman–Crippen LogP) is 1.36. The number of nitrogens with zero attached hydrogens (tertiary/aromatic N) is 3. The zero-order valence-corrected chi connectivity index (χ0v) is 15.6. The standard InChI is InChI=1S/C20H23F2N3O3/c21-16-2-1-13(11-17(16)22)14-12-15(14)20(28)24-8-5-23(6-9-24)7-10-25-18(26)3-4-19(25)27/h1-2,11,14-15H,3-10,12H2. The Morgan fingerprint density at radius 2 is 1.64 bits per heavy atom. The maximum absolute atomic E-state index is 13.4. The zero-order valence-electron chi connectivity index (χ0n) is 15.6. The molecule has 1 aliphatic carbocycles. The van der Waals surface area contributed by atoms with E-state index in [0.29, 0.717) is 64.1 Å². The van der Waals surface area contributed by atoms with Gasteiger partial charge in [-0.15, -0.1) is 0 Å². The quantitative estimate of drug-likeness (QED) is 0.712. The summed E-state index contributed by atoms with van der Waals surface area (Å²) in [6, 6.07) is 3.85. The van der Waals surface area contributed by atoms with Crippen LogP contribution in [0.4, 0.5) is 8.78 Å². The van der Waals surface area contributed by atoms with Crippen LogP contribution in [-0.4, -0.2) is 71.7 Å². The first kappa shape index (κ1) is 19.0. The van der Waals surface area contributed by atoms with E-state index in [1.807, 2.05) is 4.90 Å². The average Bonchev–Trinajstić information content (AvgIpc) is 3.43. The molecule has 4 rings (SSSR count). The van der Waals surface area contributed by atoms with Crippen molar-refractivity contribution < 1.29 is 23.2 Å². The van der Waals surface area contributed by atoms with E-state index >= 15 is 0 Å². The molecule has 0 N–H and O–H groups in total. The minimum Gasteiger partial charge on any atom is -0.340 e. The van der Waals surface area contributed by atoms with Crippen LogP contribution < -0.4 is 0 Å². The van der Waals surface area contributed by atoms with Gasteiger partial charge in [0, 0.05) is 58.0 Å². The molecule has 2 heterocycles. The van der Waals surface area contributed by atoms with Crippen molar-refractivity contribution in [1.82, 2.24) is 14.7 Å². The van der Waals surface area contributed by atoms with Crippen molar-refractivity contribution in [1.29, 1.82) is 0 Å². The normalized spacial score (nSPS) is 25.5. The molecule has 0 aromatic heterocycles. The first-order valence-corrected chi connectivity index (χ1v) is 9.73. The molecule has 6 nitrogen and oxygen atoms in total. The SMILES string of the molecule is O=C(C1CC1c1ccc(F)c(F)c1)N1CCN(CCN2C(=O)CCC2=O)CC1. The summed E-state index contributed by atoms with van der Waals surface area (Å²) in [4.78, 5) is 41.3. The molecule has 1 saturated carbocycles. The number of benzene rings is 1. The predicted molar refractivity (Wildman–Crippen MR) is 96.2 cm³/mol. The van der Waals surface area contributed by atoms with Crippen LogP contribution in [0.2, 0.25) is 0 Å². The molecule has 3 amide bonds. The average molecular weight is 391 g/mol. The van der Waals surface area contributed by atoms with E-state index in [4.69, 9.17) is 0 Å². The summed E-state index contributed by atoms with van der Waals surface area (Å²) in [6.07, 6.45) is 1.28. The van der Waals surface area contributed by atoms with Gasteiger partial charge in [-0.2, -0.15) is 0 Å². The van der Waals surface area contributed by atoms with E-state index in [1.54, 1.807) is 6.07 Å². The Morgan fingerprint density at radius 3 is 2.29 bits per heavy atom. The van der Waals surface area contributed by atoms with Gasteiger partial charge in [0.25, 0.3) is 0 Å². The van der Waals surface area contributed by atoms with Crippen LogP contribution in [0.1, 0.15) is 30.7 Å². The molecule has 8 heteroatoms. The van der Waals surface area contributed by atoms with Gasteiger partial charge < -0.3 is 4.90 Å². The Kier molecular flexibility index (Phi) is 5.14. The van der Waals surface area contributed by atoms with Crippen molar-refractivity contribution in [2.24, 2.45) is 5.92 Å². The number of hydrogen-bond donors (Lipinski definition) is 0. The molecule has 150 valence electrons. The molecule has 1 aromatic rings. The summed E-state index contributed by atoms with van der Waals surface area (Å²) >= 11 is 0. The minimum absolute atomic E-state index is 0.0344. The van der Waals surface area contributed by atoms with Crippen molar-refractivity contribution >= 4 is 17.7 Å². The second-order valence-corrected chi connectivity index (χ2v) is 7.73. The molecule has 28 heavy (non-hydrogen) atoms. The largest absolute Gasteiger partial charge is 0.340 e. The third-order valence-corrected chi connectivity index (χ3v) is 5.96. The zero-order chi connectivity index (χ0) is 19.8. The van der Waals surface area contributed by atoms with Crippen molar-refractivity contribution in [3.05, 3.63) is 35.4 Å². The molecule has 0 bridgehead atoms. The highest BCUT2D eigenvalue weighted by molar-refractivity contribution is 6.01. The van der Waals surface area contributed by atoms with Gasteiger partial charge >= 0.3 is 0 Å². The summed E-state index contributed by atoms with van der Waals surface area (Å²) in [7, 11) is 0. The van der Waals surface area contributed by atoms with Gasteiger partial charge in [-0.05, 0) is 30.0 Å². The third-order valence-electron chi connectivity index (χ3n) is 5.96. The number of halogens is 2. The second kappa shape index (κ2) is 7.58. The van der Waals surface area contributed by atoms with E-state index in [2.05, 4.69) is 4.90 Å². The van der Waals surface area contributed by atoms with Crippen LogP contribution in [-0.2, 0) is 14.4 Å². The Labute approximate surface area is 162 Å². The van der Waals surface area contributed by atoms with E-state index in [1.165, 1.54) is 11.0 Å². The van der Waals surface area contributed by atoms with Crippen LogP contribution in [0, 0.1) is 17.6 Å². The topological polar surface area (TPSA) is 60.9 Å². The van der Waals surface area contributed by atoms with Crippen molar-refractivity contribution in [3.8, 4) is 0 Å². The maximum atomic E-state index is 13.4. The Morgan fingerprint density at radius 1 is 0.964 bits per heavy atom. The fourth-order valence-electron chi connectivity index (χ4n) is 4.12. The second-order valence-electron chi connectivity index (χ2n) is 7.73. The van der Waals surface area contributed by atoms with Gasteiger partial charge in [0.15, 0.2) is 11.6 Å². The monoisotopic (exact) mass is 391 g/mol. The number of rotatable bonds is 5. The van der Waals surface area contributed by atoms with E-state index in [9.17, 15) is 23.2 Å². The number of carbonyl (C=O) groups excluding carboxylic acids is 3. The third kappa shape index (κ3) is 3.78. The number of carbonyl (C=O) groups is 3. The fourth-order valence-corrected chi connectivity index (χ4v) is 4.12. The molecular weight excluding hydrogens is 368 g/mol. The van der Waals surface area contributed by atoms with Crippen molar-refractivity contribution in [2.45, 2.75) is 25.2 Å². The van der Waals surface area contributed by atoms with Gasteiger partial charge in [-0.1, -0.05) is 6.07 Å².